The van der Waals surface area contributed by atoms with Gasteiger partial charge in [0.2, 0.25) is 5.76 Å². The highest BCUT2D eigenvalue weighted by molar-refractivity contribution is 6.10. The molecular formula is C28H22N2O7. The van der Waals surface area contributed by atoms with Gasteiger partial charge in [0, 0.05) is 17.8 Å². The van der Waals surface area contributed by atoms with Crippen LogP contribution >= 0.6 is 0 Å². The maximum atomic E-state index is 13.6. The molecule has 1 amide bonds. The number of nitro benzene ring substituents is 1. The number of esters is 1. The zero-order chi connectivity index (χ0) is 26.1. The van der Waals surface area contributed by atoms with E-state index in [-0.39, 0.29) is 28.0 Å². The van der Waals surface area contributed by atoms with Crippen molar-refractivity contribution in [1.29, 1.82) is 0 Å². The van der Waals surface area contributed by atoms with Crippen LogP contribution in [0.5, 0.6) is 0 Å². The van der Waals surface area contributed by atoms with Crippen LogP contribution < -0.4 is 10.3 Å². The van der Waals surface area contributed by atoms with E-state index in [2.05, 4.69) is 0 Å². The molecule has 3 aromatic carbocycles. The number of fused-ring (bicyclic) bond motifs is 2. The fourth-order valence-electron chi connectivity index (χ4n) is 4.43. The van der Waals surface area contributed by atoms with Gasteiger partial charge in [-0.15, -0.1) is 0 Å². The van der Waals surface area contributed by atoms with Gasteiger partial charge in [0.1, 0.15) is 5.58 Å². The van der Waals surface area contributed by atoms with Gasteiger partial charge in [-0.05, 0) is 60.5 Å². The molecule has 0 saturated carbocycles. The van der Waals surface area contributed by atoms with Crippen molar-refractivity contribution in [1.82, 2.24) is 0 Å². The van der Waals surface area contributed by atoms with E-state index in [4.69, 9.17) is 9.15 Å². The van der Waals surface area contributed by atoms with Gasteiger partial charge in [-0.3, -0.25) is 24.6 Å². The number of rotatable bonds is 7. The van der Waals surface area contributed by atoms with E-state index < -0.39 is 22.8 Å². The Morgan fingerprint density at radius 1 is 1.03 bits per heavy atom. The molecule has 1 atom stereocenters. The molecule has 186 valence electrons. The number of nitrogens with zero attached hydrogens (tertiary/aromatic N) is 2. The number of ether oxygens (including phenoxy) is 1. The number of carbonyl (C=O) groups is 2. The van der Waals surface area contributed by atoms with Crippen LogP contribution in [-0.4, -0.2) is 23.4 Å². The summed E-state index contributed by atoms with van der Waals surface area (Å²) in [4.78, 5) is 51.6. The molecule has 0 radical (unpaired) electrons. The molecule has 1 unspecified atom stereocenters. The Morgan fingerprint density at radius 2 is 1.73 bits per heavy atom. The zero-order valence-corrected chi connectivity index (χ0v) is 19.9. The summed E-state index contributed by atoms with van der Waals surface area (Å²) < 4.78 is 11.2. The Kier molecular flexibility index (Phi) is 6.27. The quantitative estimate of drug-likeness (QED) is 0.145. The first kappa shape index (κ1) is 23.9. The molecule has 9 nitrogen and oxygen atoms in total. The second-order valence-electron chi connectivity index (χ2n) is 8.63. The number of anilines is 1. The predicted molar refractivity (Wildman–Crippen MR) is 136 cm³/mol. The number of hydrogen-bond acceptors (Lipinski definition) is 7. The third-order valence-corrected chi connectivity index (χ3v) is 6.31. The summed E-state index contributed by atoms with van der Waals surface area (Å²) in [5.41, 5.74) is 1.23. The Balaban J connectivity index is 1.61. The van der Waals surface area contributed by atoms with Gasteiger partial charge in [0.05, 0.1) is 34.1 Å². The Hall–Kier alpha value is -4.79. The number of carbonyl (C=O) groups excluding carboxylic acids is 2. The largest absolute Gasteiger partial charge is 0.462 e. The van der Waals surface area contributed by atoms with Gasteiger partial charge in [-0.2, -0.15) is 0 Å². The van der Waals surface area contributed by atoms with Crippen LogP contribution in [0.4, 0.5) is 11.4 Å². The summed E-state index contributed by atoms with van der Waals surface area (Å²) in [6, 6.07) is 17.8. The number of amides is 1. The van der Waals surface area contributed by atoms with E-state index in [0.717, 1.165) is 12.8 Å². The molecule has 2 heterocycles. The van der Waals surface area contributed by atoms with Crippen LogP contribution in [0, 0.1) is 10.1 Å². The number of unbranched alkanes of at least 4 members (excludes halogenated alkanes) is 1. The Morgan fingerprint density at radius 3 is 2.41 bits per heavy atom. The molecule has 1 aliphatic rings. The van der Waals surface area contributed by atoms with E-state index in [9.17, 15) is 24.5 Å². The van der Waals surface area contributed by atoms with E-state index in [0.29, 0.717) is 28.8 Å². The summed E-state index contributed by atoms with van der Waals surface area (Å²) in [5.74, 6) is -1.08. The van der Waals surface area contributed by atoms with Gasteiger partial charge < -0.3 is 9.15 Å². The molecule has 0 saturated heterocycles. The van der Waals surface area contributed by atoms with E-state index in [1.165, 1.54) is 29.2 Å². The van der Waals surface area contributed by atoms with Crippen LogP contribution in [0.3, 0.4) is 0 Å². The minimum Gasteiger partial charge on any atom is -0.462 e. The van der Waals surface area contributed by atoms with Crippen molar-refractivity contribution in [2.24, 2.45) is 0 Å². The monoisotopic (exact) mass is 498 g/mol. The highest BCUT2D eigenvalue weighted by Crippen LogP contribution is 2.41. The predicted octanol–water partition coefficient (Wildman–Crippen LogP) is 5.41. The molecule has 0 bridgehead atoms. The number of para-hydroxylation sites is 1. The molecule has 4 aromatic rings. The van der Waals surface area contributed by atoms with Crippen LogP contribution in [-0.2, 0) is 4.74 Å². The Bertz CT molecular complexity index is 1570. The SMILES string of the molecule is CCCCOC(=O)c1ccc(N2C(=O)c3oc4ccccc4c(=O)c3C2c2ccc([N+](=O)[O-])cc2)cc1. The molecular weight excluding hydrogens is 476 g/mol. The van der Waals surface area contributed by atoms with Crippen LogP contribution in [0.1, 0.15) is 57.8 Å². The van der Waals surface area contributed by atoms with E-state index in [1.54, 1.807) is 48.5 Å². The summed E-state index contributed by atoms with van der Waals surface area (Å²) >= 11 is 0. The highest BCUT2D eigenvalue weighted by Gasteiger charge is 2.43. The third kappa shape index (κ3) is 4.24. The van der Waals surface area contributed by atoms with Crippen LogP contribution in [0.15, 0.2) is 82.0 Å². The van der Waals surface area contributed by atoms with Crippen molar-refractivity contribution in [2.45, 2.75) is 25.8 Å². The van der Waals surface area contributed by atoms with Crippen molar-refractivity contribution in [2.75, 3.05) is 11.5 Å². The van der Waals surface area contributed by atoms with Gasteiger partial charge in [0.15, 0.2) is 5.43 Å². The lowest BCUT2D eigenvalue weighted by Crippen LogP contribution is -2.29. The first-order valence-electron chi connectivity index (χ1n) is 11.8. The first-order valence-corrected chi connectivity index (χ1v) is 11.8. The molecule has 1 aliphatic heterocycles. The van der Waals surface area contributed by atoms with Crippen molar-refractivity contribution < 1.29 is 23.7 Å². The molecule has 9 heteroatoms. The fraction of sp³-hybridized carbons (Fsp3) is 0.179. The standard InChI is InChI=1S/C28H22N2O7/c1-2-3-16-36-28(33)18-10-12-19(13-11-18)29-24(17-8-14-20(15-9-17)30(34)35)23-25(31)21-6-4-5-7-22(21)37-26(23)27(29)32/h4-15,24H,2-3,16H2,1H3. The van der Waals surface area contributed by atoms with Crippen molar-refractivity contribution in [3.05, 3.63) is 116 Å². The van der Waals surface area contributed by atoms with Crippen molar-refractivity contribution in [3.63, 3.8) is 0 Å². The molecule has 0 spiro atoms. The lowest BCUT2D eigenvalue weighted by molar-refractivity contribution is -0.384. The lowest BCUT2D eigenvalue weighted by Gasteiger charge is -2.25. The van der Waals surface area contributed by atoms with Gasteiger partial charge in [-0.1, -0.05) is 25.5 Å². The molecule has 0 N–H and O–H groups in total. The van der Waals surface area contributed by atoms with Gasteiger partial charge >= 0.3 is 5.97 Å². The number of benzene rings is 3. The maximum Gasteiger partial charge on any atom is 0.338 e. The molecule has 5 rings (SSSR count). The van der Waals surface area contributed by atoms with Crippen molar-refractivity contribution in [3.8, 4) is 0 Å². The molecule has 0 fully saturated rings. The fourth-order valence-corrected chi connectivity index (χ4v) is 4.43. The van der Waals surface area contributed by atoms with Crippen molar-refractivity contribution >= 4 is 34.2 Å². The molecule has 1 aromatic heterocycles. The van der Waals surface area contributed by atoms with E-state index >= 15 is 0 Å². The highest BCUT2D eigenvalue weighted by atomic mass is 16.6. The number of non-ortho nitro benzene ring substituents is 1. The second kappa shape index (κ2) is 9.69. The van der Waals surface area contributed by atoms with Gasteiger partial charge in [-0.25, -0.2) is 4.79 Å². The van der Waals surface area contributed by atoms with E-state index in [1.807, 2.05) is 6.92 Å². The summed E-state index contributed by atoms with van der Waals surface area (Å²) in [6.45, 7) is 2.32. The topological polar surface area (TPSA) is 120 Å². The van der Waals surface area contributed by atoms with Gasteiger partial charge in [0.25, 0.3) is 11.6 Å². The third-order valence-electron chi connectivity index (χ3n) is 6.31. The molecule has 37 heavy (non-hydrogen) atoms. The average Bonchev–Trinajstić information content (AvgIpc) is 3.21. The summed E-state index contributed by atoms with van der Waals surface area (Å²) in [7, 11) is 0. The zero-order valence-electron chi connectivity index (χ0n) is 19.9. The normalized spacial score (nSPS) is 14.6. The summed E-state index contributed by atoms with van der Waals surface area (Å²) in [5, 5.41) is 11.5. The minimum absolute atomic E-state index is 0.0879. The second-order valence-corrected chi connectivity index (χ2v) is 8.63. The van der Waals surface area contributed by atoms with Crippen LogP contribution in [0.2, 0.25) is 0 Å². The first-order chi connectivity index (χ1) is 17.9. The average molecular weight is 498 g/mol. The lowest BCUT2D eigenvalue weighted by atomic mass is 9.98. The number of nitro groups is 1. The number of hydrogen-bond donors (Lipinski definition) is 0. The molecule has 0 aliphatic carbocycles. The smallest absolute Gasteiger partial charge is 0.338 e. The maximum absolute atomic E-state index is 13.6. The Labute approximate surface area is 211 Å². The minimum atomic E-state index is -0.883. The van der Waals surface area contributed by atoms with Crippen LogP contribution in [0.25, 0.3) is 11.0 Å². The summed E-state index contributed by atoms with van der Waals surface area (Å²) in [6.07, 6.45) is 1.66.